The van der Waals surface area contributed by atoms with E-state index in [1.54, 1.807) is 0 Å². The minimum atomic E-state index is -4.54. The van der Waals surface area contributed by atoms with Crippen molar-refractivity contribution in [3.05, 3.63) is 52.0 Å². The summed E-state index contributed by atoms with van der Waals surface area (Å²) < 4.78 is 49.5. The molecule has 0 aliphatic carbocycles. The van der Waals surface area contributed by atoms with Gasteiger partial charge in [-0.15, -0.1) is 0 Å². The van der Waals surface area contributed by atoms with Gasteiger partial charge in [0.2, 0.25) is 0 Å². The van der Waals surface area contributed by atoms with Crippen molar-refractivity contribution in [1.82, 2.24) is 10.7 Å². The highest BCUT2D eigenvalue weighted by Crippen LogP contribution is 2.36. The Balaban J connectivity index is 2.05. The van der Waals surface area contributed by atoms with Crippen LogP contribution in [-0.4, -0.2) is 44.7 Å². The molecule has 2 rings (SSSR count). The number of hydrogen-bond donors (Lipinski definition) is 3. The fraction of sp³-hybridized carbons (Fsp3) is 0.200. The zero-order chi connectivity index (χ0) is 24.6. The van der Waals surface area contributed by atoms with Crippen LogP contribution in [0.5, 0.6) is 11.5 Å². The number of hydrazone groups is 1. The summed E-state index contributed by atoms with van der Waals surface area (Å²) in [6.45, 7) is -0.513. The van der Waals surface area contributed by atoms with E-state index in [1.165, 1.54) is 44.6 Å². The molecule has 2 aromatic carbocycles. The van der Waals surface area contributed by atoms with Crippen LogP contribution in [0.25, 0.3) is 0 Å². The number of carbonyl (C=O) groups excluding carboxylic acids is 3. The van der Waals surface area contributed by atoms with Gasteiger partial charge >= 0.3 is 18.0 Å². The van der Waals surface area contributed by atoms with Gasteiger partial charge in [0, 0.05) is 12.7 Å². The molecule has 9 nitrogen and oxygen atoms in total. The highest BCUT2D eigenvalue weighted by atomic mass is 79.9. The molecular weight excluding hydrogens is 513 g/mol. The van der Waals surface area contributed by atoms with Crippen LogP contribution >= 0.6 is 15.9 Å². The van der Waals surface area contributed by atoms with Crippen LogP contribution in [0.1, 0.15) is 11.1 Å². The number of hydrogen-bond acceptors (Lipinski definition) is 6. The SMILES string of the molecule is CNC(=O)C(=O)N/N=C\c1cc(Br)c(OCC(=O)Nc2cccc(C(F)(F)F)c2)c(OC)c1. The maximum Gasteiger partial charge on any atom is 0.416 e. The van der Waals surface area contributed by atoms with E-state index in [2.05, 4.69) is 31.7 Å². The average Bonchev–Trinajstić information content (AvgIpc) is 2.76. The molecule has 0 heterocycles. The van der Waals surface area contributed by atoms with E-state index >= 15 is 0 Å². The lowest BCUT2D eigenvalue weighted by Gasteiger charge is -2.14. The molecule has 0 bridgehead atoms. The Morgan fingerprint density at radius 1 is 1.15 bits per heavy atom. The molecule has 0 spiro atoms. The van der Waals surface area contributed by atoms with Crippen LogP contribution in [0.15, 0.2) is 46.0 Å². The lowest BCUT2D eigenvalue weighted by Crippen LogP contribution is -2.35. The van der Waals surface area contributed by atoms with Crippen molar-refractivity contribution < 1.29 is 37.0 Å². The number of benzene rings is 2. The second-order valence-electron chi connectivity index (χ2n) is 6.23. The van der Waals surface area contributed by atoms with Crippen molar-refractivity contribution in [1.29, 1.82) is 0 Å². The van der Waals surface area contributed by atoms with Crippen LogP contribution in [0.2, 0.25) is 0 Å². The Morgan fingerprint density at radius 3 is 2.52 bits per heavy atom. The number of nitrogens with zero attached hydrogens (tertiary/aromatic N) is 1. The fourth-order valence-corrected chi connectivity index (χ4v) is 2.97. The normalized spacial score (nSPS) is 11.1. The third-order valence-electron chi connectivity index (χ3n) is 3.89. The highest BCUT2D eigenvalue weighted by molar-refractivity contribution is 9.10. The van der Waals surface area contributed by atoms with E-state index < -0.39 is 36.1 Å². The van der Waals surface area contributed by atoms with Crippen LogP contribution in [0.4, 0.5) is 18.9 Å². The zero-order valence-electron chi connectivity index (χ0n) is 17.2. The van der Waals surface area contributed by atoms with E-state index in [-0.39, 0.29) is 17.2 Å². The number of amides is 3. The van der Waals surface area contributed by atoms with Crippen molar-refractivity contribution in [3.8, 4) is 11.5 Å². The zero-order valence-corrected chi connectivity index (χ0v) is 18.8. The monoisotopic (exact) mass is 530 g/mol. The summed E-state index contributed by atoms with van der Waals surface area (Å²) in [5.41, 5.74) is 1.57. The molecule has 0 aliphatic heterocycles. The quantitative estimate of drug-likeness (QED) is 0.289. The van der Waals surface area contributed by atoms with E-state index in [1.807, 2.05) is 5.43 Å². The Labute approximate surface area is 194 Å². The molecular formula is C20H18BrF3N4O5. The summed E-state index contributed by atoms with van der Waals surface area (Å²) in [6, 6.07) is 7.23. The molecule has 0 saturated carbocycles. The summed E-state index contributed by atoms with van der Waals surface area (Å²) >= 11 is 3.27. The Morgan fingerprint density at radius 2 is 1.88 bits per heavy atom. The molecule has 13 heteroatoms. The van der Waals surface area contributed by atoms with E-state index in [0.29, 0.717) is 10.0 Å². The Bertz CT molecular complexity index is 1080. The Kier molecular flexibility index (Phi) is 8.79. The maximum absolute atomic E-state index is 12.8. The van der Waals surface area contributed by atoms with Gasteiger partial charge in [-0.25, -0.2) is 5.43 Å². The van der Waals surface area contributed by atoms with Gasteiger partial charge in [0.1, 0.15) is 0 Å². The third-order valence-corrected chi connectivity index (χ3v) is 4.48. The average molecular weight is 531 g/mol. The van der Waals surface area contributed by atoms with Gasteiger partial charge in [0.05, 0.1) is 23.4 Å². The van der Waals surface area contributed by atoms with Gasteiger partial charge in [0.15, 0.2) is 18.1 Å². The summed E-state index contributed by atoms with van der Waals surface area (Å²) in [4.78, 5) is 34.6. The summed E-state index contributed by atoms with van der Waals surface area (Å²) in [5.74, 6) is -2.14. The van der Waals surface area contributed by atoms with Gasteiger partial charge in [-0.3, -0.25) is 14.4 Å². The smallest absolute Gasteiger partial charge is 0.416 e. The van der Waals surface area contributed by atoms with Gasteiger partial charge < -0.3 is 20.1 Å². The molecule has 0 atom stereocenters. The number of rotatable bonds is 7. The summed E-state index contributed by atoms with van der Waals surface area (Å²) in [5, 5.41) is 8.13. The first-order chi connectivity index (χ1) is 15.5. The van der Waals surface area contributed by atoms with Crippen LogP contribution in [-0.2, 0) is 20.6 Å². The van der Waals surface area contributed by atoms with E-state index in [4.69, 9.17) is 9.47 Å². The summed E-state index contributed by atoms with van der Waals surface area (Å²) in [7, 11) is 2.65. The molecule has 33 heavy (non-hydrogen) atoms. The Hall–Kier alpha value is -3.61. The van der Waals surface area contributed by atoms with Gasteiger partial charge in [-0.2, -0.15) is 18.3 Å². The predicted molar refractivity (Wildman–Crippen MR) is 116 cm³/mol. The number of methoxy groups -OCH3 is 1. The van der Waals surface area contributed by atoms with Crippen molar-refractivity contribution in [2.45, 2.75) is 6.18 Å². The first kappa shape index (κ1) is 25.6. The molecule has 2 aromatic rings. The standard InChI is InChI=1S/C20H18BrF3N4O5/c1-25-18(30)19(31)28-26-9-11-6-14(21)17(15(7-11)32-2)33-10-16(29)27-13-5-3-4-12(8-13)20(22,23)24/h3-9H,10H2,1-2H3,(H,25,30)(H,27,29)(H,28,31)/b26-9-. The van der Waals surface area contributed by atoms with Crippen molar-refractivity contribution in [3.63, 3.8) is 0 Å². The number of ether oxygens (including phenoxy) is 2. The molecule has 3 amide bonds. The van der Waals surface area contributed by atoms with Crippen LogP contribution in [0, 0.1) is 0 Å². The lowest BCUT2D eigenvalue weighted by molar-refractivity contribution is -0.138. The number of halogens is 4. The molecule has 0 fully saturated rings. The first-order valence-electron chi connectivity index (χ1n) is 9.07. The highest BCUT2D eigenvalue weighted by Gasteiger charge is 2.30. The molecule has 0 aromatic heterocycles. The number of anilines is 1. The van der Waals surface area contributed by atoms with Gasteiger partial charge in [0.25, 0.3) is 5.91 Å². The second kappa shape index (κ2) is 11.3. The molecule has 176 valence electrons. The minimum absolute atomic E-state index is 0.0326. The topological polar surface area (TPSA) is 118 Å². The lowest BCUT2D eigenvalue weighted by atomic mass is 10.2. The number of alkyl halides is 3. The third kappa shape index (κ3) is 7.49. The van der Waals surface area contributed by atoms with Crippen LogP contribution < -0.4 is 25.5 Å². The molecule has 0 unspecified atom stereocenters. The van der Waals surface area contributed by atoms with E-state index in [0.717, 1.165) is 12.1 Å². The first-order valence-corrected chi connectivity index (χ1v) is 9.87. The number of likely N-dealkylation sites (N-methyl/N-ethyl adjacent to an activating group) is 1. The summed E-state index contributed by atoms with van der Waals surface area (Å²) in [6.07, 6.45) is -3.29. The van der Waals surface area contributed by atoms with Gasteiger partial charge in [-0.05, 0) is 51.8 Å². The van der Waals surface area contributed by atoms with Gasteiger partial charge in [-0.1, -0.05) is 6.07 Å². The van der Waals surface area contributed by atoms with Crippen molar-refractivity contribution in [2.75, 3.05) is 26.1 Å². The maximum atomic E-state index is 12.8. The van der Waals surface area contributed by atoms with Crippen molar-refractivity contribution in [2.24, 2.45) is 5.10 Å². The molecule has 0 saturated heterocycles. The largest absolute Gasteiger partial charge is 0.493 e. The fourth-order valence-electron chi connectivity index (χ4n) is 2.39. The number of nitrogens with one attached hydrogen (secondary N) is 3. The minimum Gasteiger partial charge on any atom is -0.493 e. The molecule has 0 radical (unpaired) electrons. The van der Waals surface area contributed by atoms with E-state index in [9.17, 15) is 27.6 Å². The number of carbonyl (C=O) groups is 3. The van der Waals surface area contributed by atoms with Crippen LogP contribution in [0.3, 0.4) is 0 Å². The predicted octanol–water partition coefficient (Wildman–Crippen LogP) is 2.69. The van der Waals surface area contributed by atoms with Crippen molar-refractivity contribution >= 4 is 45.6 Å². The molecule has 3 N–H and O–H groups in total. The second-order valence-corrected chi connectivity index (χ2v) is 7.08. The molecule has 0 aliphatic rings.